The molecule has 0 amide bonds. The quantitative estimate of drug-likeness (QED) is 0.292. The molecule has 0 radical (unpaired) electrons. The predicted octanol–water partition coefficient (Wildman–Crippen LogP) is 0.578. The summed E-state index contributed by atoms with van der Waals surface area (Å²) in [6.07, 6.45) is 0. The van der Waals surface area contributed by atoms with Crippen molar-refractivity contribution >= 4 is 0 Å². The van der Waals surface area contributed by atoms with Crippen LogP contribution in [0, 0.1) is 0 Å². The molecule has 0 rings (SSSR count). The number of hydrogen-bond acceptors (Lipinski definition) is 7. The normalized spacial score (nSPS) is 10.8. The fraction of sp³-hybridized carbons (Fsp3) is 0.867. The highest BCUT2D eigenvalue weighted by Gasteiger charge is 1.93. The number of rotatable bonds is 18. The van der Waals surface area contributed by atoms with Gasteiger partial charge in [-0.05, 0) is 6.92 Å². The molecule has 0 aliphatic carbocycles. The van der Waals surface area contributed by atoms with E-state index in [9.17, 15) is 0 Å². The Hall–Kier alpha value is -0.700. The molecule has 0 fully saturated rings. The van der Waals surface area contributed by atoms with Crippen LogP contribution in [0.15, 0.2) is 12.3 Å². The van der Waals surface area contributed by atoms with E-state index in [-0.39, 0.29) is 0 Å². The molecule has 0 aliphatic heterocycles. The summed E-state index contributed by atoms with van der Waals surface area (Å²) >= 11 is 0. The van der Waals surface area contributed by atoms with Crippen LogP contribution in [-0.2, 0) is 28.4 Å². The molecule has 0 atom stereocenters. The maximum atomic E-state index is 5.35. The summed E-state index contributed by atoms with van der Waals surface area (Å²) in [7, 11) is 0. The standard InChI is InChI=1S/C15H31NO6/c1-15(2)22-14-13-21-12-11-20-10-9-19-8-7-18-6-5-17-4-3-16/h1,3-14,16H2,2H3. The van der Waals surface area contributed by atoms with Gasteiger partial charge in [0, 0.05) is 6.54 Å². The van der Waals surface area contributed by atoms with Crippen LogP contribution in [0.2, 0.25) is 0 Å². The lowest BCUT2D eigenvalue weighted by Crippen LogP contribution is -2.15. The van der Waals surface area contributed by atoms with E-state index in [4.69, 9.17) is 34.2 Å². The summed E-state index contributed by atoms with van der Waals surface area (Å²) in [5.41, 5.74) is 5.29. The van der Waals surface area contributed by atoms with Crippen molar-refractivity contribution in [2.24, 2.45) is 5.73 Å². The minimum Gasteiger partial charge on any atom is -0.496 e. The highest BCUT2D eigenvalue weighted by molar-refractivity contribution is 4.72. The van der Waals surface area contributed by atoms with E-state index in [1.54, 1.807) is 0 Å². The van der Waals surface area contributed by atoms with Crippen LogP contribution in [0.25, 0.3) is 0 Å². The summed E-state index contributed by atoms with van der Waals surface area (Å²) in [5, 5.41) is 0. The van der Waals surface area contributed by atoms with Crippen LogP contribution >= 0.6 is 0 Å². The van der Waals surface area contributed by atoms with E-state index in [2.05, 4.69) is 6.58 Å². The van der Waals surface area contributed by atoms with Crippen LogP contribution < -0.4 is 5.73 Å². The molecular weight excluding hydrogens is 290 g/mol. The van der Waals surface area contributed by atoms with E-state index >= 15 is 0 Å². The monoisotopic (exact) mass is 321 g/mol. The molecule has 0 aromatic heterocycles. The molecule has 0 heterocycles. The first-order valence-electron chi connectivity index (χ1n) is 7.64. The lowest BCUT2D eigenvalue weighted by Gasteiger charge is -2.08. The number of allylic oxidation sites excluding steroid dienone is 1. The van der Waals surface area contributed by atoms with Gasteiger partial charge in [-0.1, -0.05) is 6.58 Å². The molecule has 0 saturated carbocycles. The van der Waals surface area contributed by atoms with Crippen molar-refractivity contribution < 1.29 is 28.4 Å². The molecule has 0 unspecified atom stereocenters. The summed E-state index contributed by atoms with van der Waals surface area (Å²) in [4.78, 5) is 0. The highest BCUT2D eigenvalue weighted by atomic mass is 16.6. The first-order chi connectivity index (χ1) is 10.8. The minimum absolute atomic E-state index is 0.524. The number of hydrogen-bond donors (Lipinski definition) is 1. The van der Waals surface area contributed by atoms with Crippen molar-refractivity contribution in [3.05, 3.63) is 12.3 Å². The summed E-state index contributed by atoms with van der Waals surface area (Å²) in [6.45, 7) is 12.0. The van der Waals surface area contributed by atoms with Crippen molar-refractivity contribution in [3.63, 3.8) is 0 Å². The molecule has 132 valence electrons. The highest BCUT2D eigenvalue weighted by Crippen LogP contribution is 1.89. The molecule has 22 heavy (non-hydrogen) atoms. The second kappa shape index (κ2) is 18.3. The van der Waals surface area contributed by atoms with Gasteiger partial charge in [0.2, 0.25) is 0 Å². The van der Waals surface area contributed by atoms with Gasteiger partial charge in [0.1, 0.15) is 6.61 Å². The minimum atomic E-state index is 0.524. The Morgan fingerprint density at radius 2 is 0.955 bits per heavy atom. The summed E-state index contributed by atoms with van der Waals surface area (Å²) < 4.78 is 31.6. The zero-order valence-corrected chi connectivity index (χ0v) is 13.7. The number of ether oxygens (including phenoxy) is 6. The summed E-state index contributed by atoms with van der Waals surface area (Å²) in [6, 6.07) is 0. The maximum absolute atomic E-state index is 5.35. The molecule has 0 saturated heterocycles. The average molecular weight is 321 g/mol. The fourth-order valence-corrected chi connectivity index (χ4v) is 1.34. The third-order valence-corrected chi connectivity index (χ3v) is 2.33. The van der Waals surface area contributed by atoms with Gasteiger partial charge in [-0.2, -0.15) is 0 Å². The Morgan fingerprint density at radius 1 is 0.636 bits per heavy atom. The smallest absolute Gasteiger partial charge is 0.111 e. The molecule has 0 aromatic carbocycles. The van der Waals surface area contributed by atoms with Crippen LogP contribution in [0.3, 0.4) is 0 Å². The average Bonchev–Trinajstić information content (AvgIpc) is 2.50. The zero-order chi connectivity index (χ0) is 16.3. The van der Waals surface area contributed by atoms with Crippen molar-refractivity contribution in [3.8, 4) is 0 Å². The van der Waals surface area contributed by atoms with Gasteiger partial charge in [-0.25, -0.2) is 0 Å². The lowest BCUT2D eigenvalue weighted by molar-refractivity contribution is -0.0137. The molecule has 0 aromatic rings. The largest absolute Gasteiger partial charge is 0.496 e. The van der Waals surface area contributed by atoms with Gasteiger partial charge in [0.25, 0.3) is 0 Å². The van der Waals surface area contributed by atoms with Gasteiger partial charge in [-0.15, -0.1) is 0 Å². The van der Waals surface area contributed by atoms with Crippen molar-refractivity contribution in [1.82, 2.24) is 0 Å². The second-order valence-corrected chi connectivity index (χ2v) is 4.40. The Labute approximate surface area is 133 Å². The van der Waals surface area contributed by atoms with Gasteiger partial charge in [-0.3, -0.25) is 0 Å². The second-order valence-electron chi connectivity index (χ2n) is 4.40. The molecule has 0 aliphatic rings. The molecular formula is C15H31NO6. The van der Waals surface area contributed by atoms with Crippen molar-refractivity contribution in [2.75, 3.05) is 79.2 Å². The van der Waals surface area contributed by atoms with Crippen LogP contribution in [0.1, 0.15) is 6.92 Å². The zero-order valence-electron chi connectivity index (χ0n) is 13.7. The van der Waals surface area contributed by atoms with E-state index < -0.39 is 0 Å². The Kier molecular flexibility index (Phi) is 17.8. The van der Waals surface area contributed by atoms with E-state index in [0.717, 1.165) is 0 Å². The van der Waals surface area contributed by atoms with Gasteiger partial charge in [0.05, 0.1) is 71.8 Å². The Morgan fingerprint density at radius 3 is 1.27 bits per heavy atom. The third kappa shape index (κ3) is 19.3. The Balaban J connectivity index is 2.95. The van der Waals surface area contributed by atoms with E-state index in [0.29, 0.717) is 85.0 Å². The summed E-state index contributed by atoms with van der Waals surface area (Å²) in [5.74, 6) is 0.698. The predicted molar refractivity (Wildman–Crippen MR) is 83.9 cm³/mol. The maximum Gasteiger partial charge on any atom is 0.111 e. The van der Waals surface area contributed by atoms with Crippen LogP contribution in [0.4, 0.5) is 0 Å². The number of nitrogens with two attached hydrogens (primary N) is 1. The molecule has 2 N–H and O–H groups in total. The van der Waals surface area contributed by atoms with Crippen LogP contribution in [-0.4, -0.2) is 79.2 Å². The van der Waals surface area contributed by atoms with Gasteiger partial charge in [0.15, 0.2) is 0 Å². The van der Waals surface area contributed by atoms with Crippen molar-refractivity contribution in [1.29, 1.82) is 0 Å². The first-order valence-corrected chi connectivity index (χ1v) is 7.64. The topological polar surface area (TPSA) is 81.4 Å². The lowest BCUT2D eigenvalue weighted by atomic mass is 10.6. The fourth-order valence-electron chi connectivity index (χ4n) is 1.34. The van der Waals surface area contributed by atoms with Crippen LogP contribution in [0.5, 0.6) is 0 Å². The molecule has 7 nitrogen and oxygen atoms in total. The molecule has 0 bridgehead atoms. The third-order valence-electron chi connectivity index (χ3n) is 2.33. The van der Waals surface area contributed by atoms with E-state index in [1.807, 2.05) is 6.92 Å². The van der Waals surface area contributed by atoms with Gasteiger partial charge < -0.3 is 34.2 Å². The Bertz CT molecular complexity index is 240. The SMILES string of the molecule is C=C(C)OCCOCCOCCOCCOCCOCCN. The van der Waals surface area contributed by atoms with Gasteiger partial charge >= 0.3 is 0 Å². The molecule has 0 spiro atoms. The molecule has 7 heteroatoms. The van der Waals surface area contributed by atoms with Crippen molar-refractivity contribution in [2.45, 2.75) is 6.92 Å². The first kappa shape index (κ1) is 21.3. The van der Waals surface area contributed by atoms with E-state index in [1.165, 1.54) is 0 Å².